The van der Waals surface area contributed by atoms with E-state index >= 15 is 0 Å². The van der Waals surface area contributed by atoms with Crippen LogP contribution in [-0.4, -0.2) is 18.3 Å². The number of methoxy groups -OCH3 is 1. The summed E-state index contributed by atoms with van der Waals surface area (Å²) in [5.41, 5.74) is 0.868. The summed E-state index contributed by atoms with van der Waals surface area (Å²) in [6.07, 6.45) is -0.184. The molecule has 2 atom stereocenters. The van der Waals surface area contributed by atoms with Gasteiger partial charge >= 0.3 is 0 Å². The third-order valence-electron chi connectivity index (χ3n) is 3.24. The van der Waals surface area contributed by atoms with Gasteiger partial charge in [-0.15, -0.1) is 0 Å². The van der Waals surface area contributed by atoms with Crippen LogP contribution in [0.2, 0.25) is 0 Å². The van der Waals surface area contributed by atoms with Gasteiger partial charge in [0, 0.05) is 0 Å². The molecule has 2 aromatic rings. The van der Waals surface area contributed by atoms with Gasteiger partial charge in [0.15, 0.2) is 0 Å². The lowest BCUT2D eigenvalue weighted by atomic mass is 10.0. The minimum absolute atomic E-state index is 0.272. The Bertz CT molecular complexity index is 508. The van der Waals surface area contributed by atoms with Gasteiger partial charge in [0.25, 0.3) is 0 Å². The quantitative estimate of drug-likeness (QED) is 0.873. The number of rotatable bonds is 6. The van der Waals surface area contributed by atoms with Crippen molar-refractivity contribution in [2.45, 2.75) is 25.6 Å². The first-order valence-corrected chi connectivity index (χ1v) is 6.78. The molecule has 0 heterocycles. The predicted octanol–water partition coefficient (Wildman–Crippen LogP) is 3.59. The molecular weight excluding hydrogens is 252 g/mol. The zero-order valence-corrected chi connectivity index (χ0v) is 11.8. The van der Waals surface area contributed by atoms with E-state index in [-0.39, 0.29) is 6.10 Å². The number of ether oxygens (including phenoxy) is 2. The van der Waals surface area contributed by atoms with E-state index in [1.165, 1.54) is 0 Å². The molecule has 0 saturated heterocycles. The Morgan fingerprint density at radius 1 is 0.950 bits per heavy atom. The lowest BCUT2D eigenvalue weighted by Crippen LogP contribution is -2.24. The van der Waals surface area contributed by atoms with Crippen LogP contribution in [0.15, 0.2) is 54.6 Å². The Kier molecular flexibility index (Phi) is 5.02. The van der Waals surface area contributed by atoms with Crippen LogP contribution in [0.3, 0.4) is 0 Å². The molecule has 0 aliphatic rings. The molecule has 1 N–H and O–H groups in total. The van der Waals surface area contributed by atoms with Crippen molar-refractivity contribution in [3.63, 3.8) is 0 Å². The summed E-state index contributed by atoms with van der Waals surface area (Å²) in [6, 6.07) is 17.0. The molecule has 0 aliphatic carbocycles. The second kappa shape index (κ2) is 6.96. The van der Waals surface area contributed by atoms with Gasteiger partial charge in [-0.3, -0.25) is 0 Å². The highest BCUT2D eigenvalue weighted by molar-refractivity contribution is 5.31. The van der Waals surface area contributed by atoms with E-state index in [0.29, 0.717) is 0 Å². The molecule has 3 heteroatoms. The zero-order valence-electron chi connectivity index (χ0n) is 11.8. The molecule has 0 amide bonds. The molecule has 0 radical (unpaired) electrons. The highest BCUT2D eigenvalue weighted by Gasteiger charge is 2.20. The highest BCUT2D eigenvalue weighted by Crippen LogP contribution is 2.25. The van der Waals surface area contributed by atoms with Gasteiger partial charge in [0.2, 0.25) is 0 Å². The van der Waals surface area contributed by atoms with Crippen molar-refractivity contribution in [1.82, 2.24) is 0 Å². The van der Waals surface area contributed by atoms with Crippen molar-refractivity contribution in [3.05, 3.63) is 60.2 Å². The van der Waals surface area contributed by atoms with Gasteiger partial charge < -0.3 is 14.6 Å². The first-order chi connectivity index (χ1) is 9.74. The van der Waals surface area contributed by atoms with Gasteiger partial charge in [-0.2, -0.15) is 0 Å². The molecular formula is C17H20O3. The smallest absolute Gasteiger partial charge is 0.128 e. The van der Waals surface area contributed by atoms with E-state index in [0.717, 1.165) is 23.5 Å². The van der Waals surface area contributed by atoms with Crippen LogP contribution in [-0.2, 0) is 0 Å². The van der Waals surface area contributed by atoms with Crippen LogP contribution < -0.4 is 9.47 Å². The van der Waals surface area contributed by atoms with Gasteiger partial charge in [0.05, 0.1) is 7.11 Å². The first-order valence-electron chi connectivity index (χ1n) is 6.78. The highest BCUT2D eigenvalue weighted by atomic mass is 16.5. The summed E-state index contributed by atoms with van der Waals surface area (Å²) in [4.78, 5) is 0. The molecule has 0 spiro atoms. The predicted molar refractivity (Wildman–Crippen MR) is 79.1 cm³/mol. The third kappa shape index (κ3) is 3.52. The standard InChI is InChI=1S/C17H20O3/c1-3-16(17(18)13-7-5-4-6-8-13)20-15-11-9-14(19-2)10-12-15/h4-12,16-18H,3H2,1-2H3. The fourth-order valence-electron chi connectivity index (χ4n) is 2.06. The minimum atomic E-state index is -0.636. The van der Waals surface area contributed by atoms with Crippen LogP contribution in [0.4, 0.5) is 0 Å². The molecule has 0 aromatic heterocycles. The maximum absolute atomic E-state index is 10.4. The number of hydrogen-bond donors (Lipinski definition) is 1. The van der Waals surface area contributed by atoms with Crippen molar-refractivity contribution in [2.75, 3.05) is 7.11 Å². The van der Waals surface area contributed by atoms with E-state index in [1.807, 2.05) is 61.5 Å². The van der Waals surface area contributed by atoms with Crippen molar-refractivity contribution >= 4 is 0 Å². The number of hydrogen-bond acceptors (Lipinski definition) is 3. The van der Waals surface area contributed by atoms with E-state index in [2.05, 4.69) is 0 Å². The molecule has 106 valence electrons. The van der Waals surface area contributed by atoms with Crippen molar-refractivity contribution in [2.24, 2.45) is 0 Å². The Balaban J connectivity index is 2.08. The molecule has 20 heavy (non-hydrogen) atoms. The van der Waals surface area contributed by atoms with Crippen LogP contribution in [0.25, 0.3) is 0 Å². The molecule has 2 aromatic carbocycles. The Morgan fingerprint density at radius 3 is 2.10 bits per heavy atom. The van der Waals surface area contributed by atoms with E-state index in [9.17, 15) is 5.11 Å². The summed E-state index contributed by atoms with van der Waals surface area (Å²) in [6.45, 7) is 2.00. The molecule has 2 unspecified atom stereocenters. The molecule has 0 fully saturated rings. The van der Waals surface area contributed by atoms with Crippen LogP contribution >= 0.6 is 0 Å². The Morgan fingerprint density at radius 2 is 1.55 bits per heavy atom. The topological polar surface area (TPSA) is 38.7 Å². The van der Waals surface area contributed by atoms with Gasteiger partial charge in [-0.25, -0.2) is 0 Å². The average molecular weight is 272 g/mol. The van der Waals surface area contributed by atoms with E-state index in [4.69, 9.17) is 9.47 Å². The van der Waals surface area contributed by atoms with Crippen molar-refractivity contribution < 1.29 is 14.6 Å². The van der Waals surface area contributed by atoms with Gasteiger partial charge in [-0.1, -0.05) is 37.3 Å². The monoisotopic (exact) mass is 272 g/mol. The van der Waals surface area contributed by atoms with Crippen molar-refractivity contribution in [1.29, 1.82) is 0 Å². The molecule has 3 nitrogen and oxygen atoms in total. The molecule has 0 aliphatic heterocycles. The molecule has 0 bridgehead atoms. The fraction of sp³-hybridized carbons (Fsp3) is 0.294. The summed E-state index contributed by atoms with van der Waals surface area (Å²) < 4.78 is 11.0. The minimum Gasteiger partial charge on any atom is -0.497 e. The Hall–Kier alpha value is -2.00. The largest absolute Gasteiger partial charge is 0.497 e. The molecule has 2 rings (SSSR count). The maximum atomic E-state index is 10.4. The maximum Gasteiger partial charge on any atom is 0.128 e. The number of benzene rings is 2. The van der Waals surface area contributed by atoms with E-state index < -0.39 is 6.10 Å². The number of aliphatic hydroxyl groups excluding tert-OH is 1. The van der Waals surface area contributed by atoms with Crippen molar-refractivity contribution in [3.8, 4) is 11.5 Å². The van der Waals surface area contributed by atoms with Gasteiger partial charge in [-0.05, 0) is 36.2 Å². The summed E-state index contributed by atoms with van der Waals surface area (Å²) in [7, 11) is 1.63. The first kappa shape index (κ1) is 14.4. The third-order valence-corrected chi connectivity index (χ3v) is 3.24. The fourth-order valence-corrected chi connectivity index (χ4v) is 2.06. The second-order valence-electron chi connectivity index (χ2n) is 4.60. The summed E-state index contributed by atoms with van der Waals surface area (Å²) in [5, 5.41) is 10.4. The Labute approximate surface area is 119 Å². The summed E-state index contributed by atoms with van der Waals surface area (Å²) >= 11 is 0. The SMILES string of the molecule is CCC(Oc1ccc(OC)cc1)C(O)c1ccccc1. The second-order valence-corrected chi connectivity index (χ2v) is 4.60. The lowest BCUT2D eigenvalue weighted by Gasteiger charge is -2.23. The van der Waals surface area contributed by atoms with Crippen LogP contribution in [0.1, 0.15) is 25.0 Å². The zero-order chi connectivity index (χ0) is 14.4. The lowest BCUT2D eigenvalue weighted by molar-refractivity contribution is 0.0331. The van der Waals surface area contributed by atoms with E-state index in [1.54, 1.807) is 7.11 Å². The number of aliphatic hydroxyl groups is 1. The van der Waals surface area contributed by atoms with Crippen LogP contribution in [0, 0.1) is 0 Å². The normalized spacial score (nSPS) is 13.6. The average Bonchev–Trinajstić information content (AvgIpc) is 2.53. The van der Waals surface area contributed by atoms with Crippen LogP contribution in [0.5, 0.6) is 11.5 Å². The molecule has 0 saturated carbocycles. The summed E-state index contributed by atoms with van der Waals surface area (Å²) in [5.74, 6) is 1.52. The van der Waals surface area contributed by atoms with Gasteiger partial charge in [0.1, 0.15) is 23.7 Å².